The minimum Gasteiger partial charge on any atom is -0.493 e. The van der Waals surface area contributed by atoms with E-state index in [1.807, 2.05) is 12.1 Å². The number of methoxy groups -OCH3 is 2. The topological polar surface area (TPSA) is 42.8 Å². The zero-order chi connectivity index (χ0) is 16.1. The van der Waals surface area contributed by atoms with Gasteiger partial charge in [-0.1, -0.05) is 24.3 Å². The van der Waals surface area contributed by atoms with Crippen molar-refractivity contribution in [2.45, 2.75) is 19.3 Å². The molecule has 0 spiro atoms. The summed E-state index contributed by atoms with van der Waals surface area (Å²) in [4.78, 5) is 4.71. The van der Waals surface area contributed by atoms with E-state index in [9.17, 15) is 0 Å². The van der Waals surface area contributed by atoms with E-state index in [0.717, 1.165) is 43.1 Å². The summed E-state index contributed by atoms with van der Waals surface area (Å²) >= 11 is 0. The Labute approximate surface area is 137 Å². The zero-order valence-electron chi connectivity index (χ0n) is 13.6. The van der Waals surface area contributed by atoms with Crippen LogP contribution >= 0.6 is 0 Å². The van der Waals surface area contributed by atoms with Crippen molar-refractivity contribution >= 4 is 11.5 Å². The average molecular weight is 310 g/mol. The maximum atomic E-state index is 5.34. The third kappa shape index (κ3) is 3.65. The van der Waals surface area contributed by atoms with Gasteiger partial charge < -0.3 is 14.8 Å². The van der Waals surface area contributed by atoms with Gasteiger partial charge in [-0.25, -0.2) is 0 Å². The maximum Gasteiger partial charge on any atom is 0.160 e. The lowest BCUT2D eigenvalue weighted by Gasteiger charge is -2.19. The Hall–Kier alpha value is -2.49. The van der Waals surface area contributed by atoms with Gasteiger partial charge in [0.25, 0.3) is 0 Å². The van der Waals surface area contributed by atoms with Gasteiger partial charge in [0, 0.05) is 18.7 Å². The van der Waals surface area contributed by atoms with Gasteiger partial charge in [0.1, 0.15) is 5.84 Å². The molecule has 23 heavy (non-hydrogen) atoms. The van der Waals surface area contributed by atoms with Crippen molar-refractivity contribution in [2.75, 3.05) is 26.1 Å². The Balaban J connectivity index is 1.61. The molecule has 2 aromatic carbocycles. The number of aliphatic imine (C=N–C) groups is 1. The van der Waals surface area contributed by atoms with Crippen LogP contribution in [0.4, 0.5) is 5.69 Å². The molecule has 0 saturated heterocycles. The SMILES string of the molecule is COc1ccc(CCN=C2CCc3ccccc3N2)cc1OC. The number of benzene rings is 2. The predicted octanol–water partition coefficient (Wildman–Crippen LogP) is 3.70. The number of aryl methyl sites for hydroxylation is 1. The number of fused-ring (bicyclic) bond motifs is 1. The summed E-state index contributed by atoms with van der Waals surface area (Å²) in [7, 11) is 3.31. The molecule has 0 atom stereocenters. The number of anilines is 1. The lowest BCUT2D eigenvalue weighted by Crippen LogP contribution is -2.20. The Bertz CT molecular complexity index is 710. The Morgan fingerprint density at radius 2 is 1.83 bits per heavy atom. The number of hydrogen-bond acceptors (Lipinski definition) is 3. The highest BCUT2D eigenvalue weighted by Crippen LogP contribution is 2.27. The van der Waals surface area contributed by atoms with Gasteiger partial charge >= 0.3 is 0 Å². The lowest BCUT2D eigenvalue weighted by atomic mass is 10.0. The number of nitrogens with zero attached hydrogens (tertiary/aromatic N) is 1. The molecule has 1 aliphatic rings. The monoisotopic (exact) mass is 310 g/mol. The number of amidine groups is 1. The number of para-hydroxylation sites is 1. The molecule has 1 N–H and O–H groups in total. The highest BCUT2D eigenvalue weighted by Gasteiger charge is 2.12. The first-order chi connectivity index (χ1) is 11.3. The van der Waals surface area contributed by atoms with E-state index in [4.69, 9.17) is 14.5 Å². The fourth-order valence-electron chi connectivity index (χ4n) is 2.81. The molecule has 4 heteroatoms. The quantitative estimate of drug-likeness (QED) is 0.915. The second-order valence-corrected chi connectivity index (χ2v) is 5.55. The summed E-state index contributed by atoms with van der Waals surface area (Å²) in [5.74, 6) is 2.60. The largest absolute Gasteiger partial charge is 0.493 e. The molecule has 0 fully saturated rings. The zero-order valence-corrected chi connectivity index (χ0v) is 13.6. The fraction of sp³-hybridized carbons (Fsp3) is 0.316. The minimum absolute atomic E-state index is 0.758. The summed E-state index contributed by atoms with van der Waals surface area (Å²) in [6, 6.07) is 14.4. The molecule has 120 valence electrons. The van der Waals surface area contributed by atoms with Gasteiger partial charge in [-0.3, -0.25) is 4.99 Å². The average Bonchev–Trinajstić information content (AvgIpc) is 2.61. The molecule has 2 aromatic rings. The third-order valence-corrected chi connectivity index (χ3v) is 4.08. The summed E-state index contributed by atoms with van der Waals surface area (Å²) < 4.78 is 10.6. The van der Waals surface area contributed by atoms with Gasteiger partial charge in [-0.05, 0) is 42.2 Å². The highest BCUT2D eigenvalue weighted by molar-refractivity contribution is 5.98. The summed E-state index contributed by atoms with van der Waals surface area (Å²) in [5, 5.41) is 3.43. The molecule has 0 aliphatic carbocycles. The first-order valence-electron chi connectivity index (χ1n) is 7.89. The van der Waals surface area contributed by atoms with E-state index in [-0.39, 0.29) is 0 Å². The van der Waals surface area contributed by atoms with Crippen molar-refractivity contribution in [3.8, 4) is 11.5 Å². The molecule has 0 radical (unpaired) electrons. The van der Waals surface area contributed by atoms with E-state index in [0.29, 0.717) is 0 Å². The van der Waals surface area contributed by atoms with Crippen molar-refractivity contribution in [1.29, 1.82) is 0 Å². The van der Waals surface area contributed by atoms with Crippen LogP contribution in [0.15, 0.2) is 47.5 Å². The minimum atomic E-state index is 0.758. The molecular formula is C19H22N2O2. The molecule has 3 rings (SSSR count). The van der Waals surface area contributed by atoms with Crippen LogP contribution in [0.3, 0.4) is 0 Å². The Morgan fingerprint density at radius 3 is 2.65 bits per heavy atom. The van der Waals surface area contributed by atoms with Crippen molar-refractivity contribution < 1.29 is 9.47 Å². The van der Waals surface area contributed by atoms with Crippen molar-refractivity contribution in [3.05, 3.63) is 53.6 Å². The van der Waals surface area contributed by atoms with Crippen LogP contribution in [0.25, 0.3) is 0 Å². The summed E-state index contributed by atoms with van der Waals surface area (Å²) in [6.45, 7) is 0.764. The highest BCUT2D eigenvalue weighted by atomic mass is 16.5. The van der Waals surface area contributed by atoms with Crippen LogP contribution in [-0.4, -0.2) is 26.6 Å². The molecule has 0 unspecified atom stereocenters. The molecule has 0 saturated carbocycles. The molecular weight excluding hydrogens is 288 g/mol. The van der Waals surface area contributed by atoms with Crippen LogP contribution < -0.4 is 14.8 Å². The van der Waals surface area contributed by atoms with Crippen LogP contribution in [0.2, 0.25) is 0 Å². The van der Waals surface area contributed by atoms with Crippen LogP contribution in [-0.2, 0) is 12.8 Å². The van der Waals surface area contributed by atoms with Crippen LogP contribution in [0.5, 0.6) is 11.5 Å². The molecule has 0 bridgehead atoms. The van der Waals surface area contributed by atoms with Crippen molar-refractivity contribution in [2.24, 2.45) is 4.99 Å². The smallest absolute Gasteiger partial charge is 0.160 e. The van der Waals surface area contributed by atoms with E-state index in [2.05, 4.69) is 35.6 Å². The number of ether oxygens (including phenoxy) is 2. The maximum absolute atomic E-state index is 5.34. The predicted molar refractivity (Wildman–Crippen MR) is 93.9 cm³/mol. The molecule has 1 aliphatic heterocycles. The fourth-order valence-corrected chi connectivity index (χ4v) is 2.81. The summed E-state index contributed by atoms with van der Waals surface area (Å²) in [5.41, 5.74) is 3.75. The standard InChI is InChI=1S/C19H22N2O2/c1-22-17-9-7-14(13-18(17)23-2)11-12-20-19-10-8-15-5-3-4-6-16(15)21-19/h3-7,9,13H,8,10-12H2,1-2H3,(H,20,21). The number of hydrogen-bond donors (Lipinski definition) is 1. The summed E-state index contributed by atoms with van der Waals surface area (Å²) in [6.07, 6.45) is 2.91. The lowest BCUT2D eigenvalue weighted by molar-refractivity contribution is 0.354. The molecule has 4 nitrogen and oxygen atoms in total. The van der Waals surface area contributed by atoms with E-state index in [1.165, 1.54) is 16.8 Å². The van der Waals surface area contributed by atoms with Crippen molar-refractivity contribution in [3.63, 3.8) is 0 Å². The molecule has 0 amide bonds. The first kappa shape index (κ1) is 15.4. The number of nitrogens with one attached hydrogen (secondary N) is 1. The van der Waals surface area contributed by atoms with Gasteiger partial charge in [0.15, 0.2) is 11.5 Å². The second kappa shape index (κ2) is 7.18. The Kier molecular flexibility index (Phi) is 4.81. The van der Waals surface area contributed by atoms with Crippen LogP contribution in [0, 0.1) is 0 Å². The van der Waals surface area contributed by atoms with Gasteiger partial charge in [-0.2, -0.15) is 0 Å². The second-order valence-electron chi connectivity index (χ2n) is 5.55. The van der Waals surface area contributed by atoms with Crippen LogP contribution in [0.1, 0.15) is 17.5 Å². The molecule has 1 heterocycles. The van der Waals surface area contributed by atoms with Gasteiger partial charge in [0.05, 0.1) is 14.2 Å². The Morgan fingerprint density at radius 1 is 1.00 bits per heavy atom. The van der Waals surface area contributed by atoms with Gasteiger partial charge in [-0.15, -0.1) is 0 Å². The van der Waals surface area contributed by atoms with E-state index in [1.54, 1.807) is 14.2 Å². The number of rotatable bonds is 5. The van der Waals surface area contributed by atoms with E-state index < -0.39 is 0 Å². The first-order valence-corrected chi connectivity index (χ1v) is 7.89. The molecule has 0 aromatic heterocycles. The normalized spacial score (nSPS) is 15.0. The van der Waals surface area contributed by atoms with Gasteiger partial charge in [0.2, 0.25) is 0 Å². The van der Waals surface area contributed by atoms with Crippen molar-refractivity contribution in [1.82, 2.24) is 0 Å². The third-order valence-electron chi connectivity index (χ3n) is 4.08. The van der Waals surface area contributed by atoms with E-state index >= 15 is 0 Å².